The van der Waals surface area contributed by atoms with E-state index >= 15 is 0 Å². The molecule has 1 aromatic rings. The van der Waals surface area contributed by atoms with Crippen molar-refractivity contribution >= 4 is 11.1 Å². The molecule has 0 saturated heterocycles. The van der Waals surface area contributed by atoms with E-state index in [1.165, 1.54) is 6.07 Å². The Morgan fingerprint density at radius 3 is 2.88 bits per heavy atom. The number of furan rings is 1. The van der Waals surface area contributed by atoms with Gasteiger partial charge in [-0.15, -0.1) is 0 Å². The average Bonchev–Trinajstić information content (AvgIpc) is 2.80. The van der Waals surface area contributed by atoms with Gasteiger partial charge in [0, 0.05) is 18.7 Å². The monoisotopic (exact) mass is 229 g/mol. The molecule has 2 heterocycles. The maximum Gasteiger partial charge on any atom is 0.210 e. The third-order valence-corrected chi connectivity index (χ3v) is 2.97. The molecular weight excluding hydrogens is 218 g/mol. The lowest BCUT2D eigenvalue weighted by Crippen LogP contribution is -2.07. The minimum Gasteiger partial charge on any atom is -0.495 e. The smallest absolute Gasteiger partial charge is 0.210 e. The van der Waals surface area contributed by atoms with Gasteiger partial charge in [-0.25, -0.2) is 0 Å². The van der Waals surface area contributed by atoms with Gasteiger partial charge < -0.3 is 13.7 Å². The Bertz CT molecular complexity index is 723. The van der Waals surface area contributed by atoms with Crippen LogP contribution in [0.1, 0.15) is 0 Å². The van der Waals surface area contributed by atoms with Gasteiger partial charge in [0.1, 0.15) is 5.75 Å². The molecule has 1 aliphatic carbocycles. The molecule has 0 bridgehead atoms. The number of hydrogen-bond acceptors (Lipinski definition) is 3. The molecule has 0 amide bonds. The quantitative estimate of drug-likeness (QED) is 0.642. The molecule has 1 aliphatic heterocycles. The second kappa shape index (κ2) is 3.38. The van der Waals surface area contributed by atoms with Gasteiger partial charge in [-0.05, 0) is 18.2 Å². The molecule has 0 unspecified atom stereocenters. The van der Waals surface area contributed by atoms with Crippen LogP contribution in [0.25, 0.3) is 22.4 Å². The van der Waals surface area contributed by atoms with Gasteiger partial charge in [0.05, 0.1) is 24.5 Å². The molecule has 3 rings (SSSR count). The first kappa shape index (κ1) is 9.96. The maximum atomic E-state index is 11.4. The van der Waals surface area contributed by atoms with Gasteiger partial charge in [0.15, 0.2) is 5.43 Å². The fourth-order valence-electron chi connectivity index (χ4n) is 2.19. The average molecular weight is 229 g/mol. The Kier molecular flexibility index (Phi) is 1.98. The van der Waals surface area contributed by atoms with Gasteiger partial charge in [-0.1, -0.05) is 0 Å². The van der Waals surface area contributed by atoms with E-state index in [9.17, 15) is 4.79 Å². The second-order valence-electron chi connectivity index (χ2n) is 3.91. The summed E-state index contributed by atoms with van der Waals surface area (Å²) < 4.78 is 12.7. The number of rotatable bonds is 1. The van der Waals surface area contributed by atoms with Gasteiger partial charge in [-0.2, -0.15) is 0 Å². The number of benzene rings is 1. The molecular formula is C13H11NO3. The summed E-state index contributed by atoms with van der Waals surface area (Å²) in [7, 11) is 3.49. The lowest BCUT2D eigenvalue weighted by molar-refractivity contribution is 0.420. The predicted molar refractivity (Wildman–Crippen MR) is 64.6 cm³/mol. The number of methoxy groups -OCH3 is 1. The van der Waals surface area contributed by atoms with Crippen LogP contribution in [0.15, 0.2) is 39.7 Å². The Morgan fingerprint density at radius 1 is 1.29 bits per heavy atom. The van der Waals surface area contributed by atoms with Crippen LogP contribution in [0.2, 0.25) is 0 Å². The van der Waals surface area contributed by atoms with E-state index < -0.39 is 0 Å². The summed E-state index contributed by atoms with van der Waals surface area (Å²) in [6.45, 7) is 0. The Morgan fingerprint density at radius 2 is 2.12 bits per heavy atom. The van der Waals surface area contributed by atoms with Crippen molar-refractivity contribution in [2.24, 2.45) is 7.05 Å². The standard InChI is InChI=1S/C13H11NO3/c1-14-11-7-8(15)3-4-9(11)12(16-2)10-5-6-17-13(10)14/h3-7H,1-2H3. The van der Waals surface area contributed by atoms with E-state index in [4.69, 9.17) is 9.15 Å². The maximum absolute atomic E-state index is 11.4. The van der Waals surface area contributed by atoms with Crippen LogP contribution in [-0.4, -0.2) is 11.7 Å². The van der Waals surface area contributed by atoms with Gasteiger partial charge in [0.2, 0.25) is 5.71 Å². The fraction of sp³-hybridized carbons (Fsp3) is 0.154. The zero-order valence-electron chi connectivity index (χ0n) is 9.56. The normalized spacial score (nSPS) is 11.2. The van der Waals surface area contributed by atoms with Crippen molar-refractivity contribution in [3.05, 3.63) is 40.8 Å². The van der Waals surface area contributed by atoms with E-state index in [1.807, 2.05) is 17.7 Å². The van der Waals surface area contributed by atoms with Crippen LogP contribution in [0, 0.1) is 0 Å². The van der Waals surface area contributed by atoms with Crippen molar-refractivity contribution < 1.29 is 9.15 Å². The molecule has 0 aromatic carbocycles. The largest absolute Gasteiger partial charge is 0.495 e. The number of fused-ring (bicyclic) bond motifs is 2. The highest BCUT2D eigenvalue weighted by molar-refractivity contribution is 5.91. The first-order valence-corrected chi connectivity index (χ1v) is 5.26. The summed E-state index contributed by atoms with van der Waals surface area (Å²) in [5.74, 6) is 0.738. The highest BCUT2D eigenvalue weighted by Gasteiger charge is 2.18. The SMILES string of the molecule is COc1c2ccc(=O)cc-2n(C)c2occc12. The van der Waals surface area contributed by atoms with Crippen LogP contribution in [0.4, 0.5) is 0 Å². The molecule has 0 atom stereocenters. The van der Waals surface area contributed by atoms with E-state index in [0.717, 1.165) is 22.4 Å². The van der Waals surface area contributed by atoms with Crippen LogP contribution >= 0.6 is 0 Å². The molecule has 0 N–H and O–H groups in total. The van der Waals surface area contributed by atoms with Gasteiger partial charge in [-0.3, -0.25) is 4.79 Å². The zero-order valence-corrected chi connectivity index (χ0v) is 9.56. The third kappa shape index (κ3) is 1.27. The van der Waals surface area contributed by atoms with Crippen LogP contribution in [-0.2, 0) is 7.05 Å². The Labute approximate surface area is 97.4 Å². The van der Waals surface area contributed by atoms with Crippen molar-refractivity contribution in [2.75, 3.05) is 7.11 Å². The lowest BCUT2D eigenvalue weighted by Gasteiger charge is -2.16. The van der Waals surface area contributed by atoms with Crippen molar-refractivity contribution in [3.8, 4) is 17.0 Å². The molecule has 0 spiro atoms. The van der Waals surface area contributed by atoms with Crippen LogP contribution in [0.3, 0.4) is 0 Å². The molecule has 4 heteroatoms. The number of ether oxygens (including phenoxy) is 1. The Hall–Kier alpha value is -2.23. The molecule has 17 heavy (non-hydrogen) atoms. The third-order valence-electron chi connectivity index (χ3n) is 2.97. The topological polar surface area (TPSA) is 44.4 Å². The summed E-state index contributed by atoms with van der Waals surface area (Å²) >= 11 is 0. The van der Waals surface area contributed by atoms with Gasteiger partial charge in [0.25, 0.3) is 0 Å². The predicted octanol–water partition coefficient (Wildman–Crippen LogP) is 2.24. The first-order valence-electron chi connectivity index (χ1n) is 5.26. The van der Waals surface area contributed by atoms with E-state index in [1.54, 1.807) is 25.5 Å². The summed E-state index contributed by atoms with van der Waals surface area (Å²) in [5, 5.41) is 0.904. The molecule has 4 nitrogen and oxygen atoms in total. The number of aryl methyl sites for hydroxylation is 1. The molecule has 0 fully saturated rings. The van der Waals surface area contributed by atoms with Crippen molar-refractivity contribution in [3.63, 3.8) is 0 Å². The molecule has 0 saturated carbocycles. The summed E-state index contributed by atoms with van der Waals surface area (Å²) in [4.78, 5) is 11.4. The highest BCUT2D eigenvalue weighted by Crippen LogP contribution is 2.38. The number of nitrogens with zero attached hydrogens (tertiary/aromatic N) is 1. The van der Waals surface area contributed by atoms with E-state index in [-0.39, 0.29) is 5.43 Å². The minimum atomic E-state index is -0.0268. The van der Waals surface area contributed by atoms with E-state index in [0.29, 0.717) is 5.71 Å². The highest BCUT2D eigenvalue weighted by atomic mass is 16.5. The Balaban J connectivity index is 2.61. The lowest BCUT2D eigenvalue weighted by atomic mass is 10.1. The number of pyridine rings is 1. The van der Waals surface area contributed by atoms with Crippen molar-refractivity contribution in [1.82, 2.24) is 4.57 Å². The van der Waals surface area contributed by atoms with Crippen LogP contribution in [0.5, 0.6) is 5.75 Å². The summed E-state index contributed by atoms with van der Waals surface area (Å²) in [6, 6.07) is 6.76. The van der Waals surface area contributed by atoms with E-state index in [2.05, 4.69) is 0 Å². The van der Waals surface area contributed by atoms with Crippen LogP contribution < -0.4 is 10.2 Å². The van der Waals surface area contributed by atoms with Gasteiger partial charge >= 0.3 is 0 Å². The number of aromatic nitrogens is 1. The zero-order chi connectivity index (χ0) is 12.0. The molecule has 1 aromatic heterocycles. The van der Waals surface area contributed by atoms with Crippen molar-refractivity contribution in [1.29, 1.82) is 0 Å². The molecule has 2 aliphatic rings. The molecule has 86 valence electrons. The number of hydrogen-bond donors (Lipinski definition) is 0. The molecule has 0 radical (unpaired) electrons. The minimum absolute atomic E-state index is 0.0268. The van der Waals surface area contributed by atoms with Crippen molar-refractivity contribution in [2.45, 2.75) is 0 Å². The first-order chi connectivity index (χ1) is 8.22. The summed E-state index contributed by atoms with van der Waals surface area (Å²) in [6.07, 6.45) is 1.62. The second-order valence-corrected chi connectivity index (χ2v) is 3.91. The fourth-order valence-corrected chi connectivity index (χ4v) is 2.19. The summed E-state index contributed by atoms with van der Waals surface area (Å²) in [5.41, 5.74) is 2.38.